The predicted octanol–water partition coefficient (Wildman–Crippen LogP) is 6.12. The van der Waals surface area contributed by atoms with Crippen molar-refractivity contribution in [2.24, 2.45) is 0 Å². The van der Waals surface area contributed by atoms with Gasteiger partial charge in [-0.3, -0.25) is 0 Å². The van der Waals surface area contributed by atoms with E-state index >= 15 is 0 Å². The lowest BCUT2D eigenvalue weighted by Gasteiger charge is -2.08. The second-order valence-corrected chi connectivity index (χ2v) is 7.30. The average Bonchev–Trinajstić information content (AvgIpc) is 2.66. The smallest absolute Gasteiger partial charge is 0.162 e. The molecule has 0 aliphatic heterocycles. The van der Waals surface area contributed by atoms with E-state index in [1.54, 1.807) is 6.07 Å². The number of benzene rings is 1. The van der Waals surface area contributed by atoms with Crippen LogP contribution in [0, 0.1) is 11.6 Å². The molecule has 0 aliphatic rings. The van der Waals surface area contributed by atoms with Gasteiger partial charge in [0.2, 0.25) is 0 Å². The van der Waals surface area contributed by atoms with Crippen LogP contribution in [0.1, 0.15) is 15.3 Å². The fourth-order valence-electron chi connectivity index (χ4n) is 1.52. The van der Waals surface area contributed by atoms with Crippen LogP contribution in [0.15, 0.2) is 28.7 Å². The molecule has 0 spiro atoms. The van der Waals surface area contributed by atoms with E-state index < -0.39 is 11.6 Å². The van der Waals surface area contributed by atoms with Gasteiger partial charge in [-0.2, -0.15) is 0 Å². The summed E-state index contributed by atoms with van der Waals surface area (Å²) in [5, 5.41) is 0. The molecule has 0 nitrogen and oxygen atoms in total. The summed E-state index contributed by atoms with van der Waals surface area (Å²) in [6.07, 6.45) is 0.368. The molecule has 1 atom stereocenters. The molecule has 2 rings (SSSR count). The quantitative estimate of drug-likeness (QED) is 0.529. The first-order chi connectivity index (χ1) is 8.49. The molecule has 0 saturated heterocycles. The highest BCUT2D eigenvalue weighted by atomic mass is 79.9. The van der Waals surface area contributed by atoms with E-state index in [-0.39, 0.29) is 4.83 Å². The summed E-state index contributed by atoms with van der Waals surface area (Å²) in [6.45, 7) is 0. The third-order valence-electron chi connectivity index (χ3n) is 2.40. The molecule has 0 bridgehead atoms. The van der Waals surface area contributed by atoms with Gasteiger partial charge in [0, 0.05) is 9.35 Å². The van der Waals surface area contributed by atoms with E-state index in [1.165, 1.54) is 17.4 Å². The van der Waals surface area contributed by atoms with Gasteiger partial charge in [0.05, 0.1) is 4.83 Å². The number of halogens is 5. The van der Waals surface area contributed by atoms with Crippen molar-refractivity contribution in [1.29, 1.82) is 0 Å². The zero-order chi connectivity index (χ0) is 13.3. The van der Waals surface area contributed by atoms with Crippen LogP contribution in [0.3, 0.4) is 0 Å². The minimum Gasteiger partial charge on any atom is -0.204 e. The zero-order valence-electron chi connectivity index (χ0n) is 8.89. The number of hydrogen-bond acceptors (Lipinski definition) is 1. The monoisotopic (exact) mass is 414 g/mol. The van der Waals surface area contributed by atoms with Crippen LogP contribution < -0.4 is 0 Å². The van der Waals surface area contributed by atoms with Gasteiger partial charge in [-0.1, -0.05) is 39.7 Å². The van der Waals surface area contributed by atoms with Gasteiger partial charge in [-0.15, -0.1) is 11.3 Å². The Hall–Kier alpha value is 0.0300. The molecule has 1 heterocycles. The Bertz CT molecular complexity index is 552. The molecular weight excluding hydrogens is 409 g/mol. The third kappa shape index (κ3) is 3.13. The lowest BCUT2D eigenvalue weighted by Crippen LogP contribution is -1.98. The molecule has 0 amide bonds. The first-order valence-electron chi connectivity index (χ1n) is 5.00. The lowest BCUT2D eigenvalue weighted by atomic mass is 10.1. The molecule has 0 fully saturated rings. The van der Waals surface area contributed by atoms with Crippen LogP contribution in [0.2, 0.25) is 4.34 Å². The van der Waals surface area contributed by atoms with E-state index in [2.05, 4.69) is 31.9 Å². The van der Waals surface area contributed by atoms with E-state index in [4.69, 9.17) is 11.6 Å². The van der Waals surface area contributed by atoms with Crippen molar-refractivity contribution in [1.82, 2.24) is 0 Å². The standard InChI is InChI=1S/C12H7Br2ClF2S/c13-7(10-5-8(14)12(15)18-10)4-6-2-1-3-9(16)11(6)17/h1-3,5,7H,4H2. The highest BCUT2D eigenvalue weighted by Crippen LogP contribution is 2.39. The minimum atomic E-state index is -0.822. The van der Waals surface area contributed by atoms with Crippen molar-refractivity contribution in [2.45, 2.75) is 11.2 Å². The largest absolute Gasteiger partial charge is 0.204 e. The summed E-state index contributed by atoms with van der Waals surface area (Å²) in [7, 11) is 0. The van der Waals surface area contributed by atoms with Crippen molar-refractivity contribution in [3.8, 4) is 0 Å². The molecule has 2 aromatic rings. The van der Waals surface area contributed by atoms with E-state index in [0.29, 0.717) is 16.3 Å². The zero-order valence-corrected chi connectivity index (χ0v) is 13.6. The Balaban J connectivity index is 2.21. The second-order valence-electron chi connectivity index (χ2n) is 3.66. The first kappa shape index (κ1) is 14.4. The van der Waals surface area contributed by atoms with Crippen LogP contribution in [0.5, 0.6) is 0 Å². The molecular formula is C12H7Br2ClF2S. The van der Waals surface area contributed by atoms with Crippen molar-refractivity contribution < 1.29 is 8.78 Å². The van der Waals surface area contributed by atoms with E-state index in [1.807, 2.05) is 6.07 Å². The Morgan fingerprint density at radius 2 is 2.06 bits per heavy atom. The molecule has 6 heteroatoms. The lowest BCUT2D eigenvalue weighted by molar-refractivity contribution is 0.498. The summed E-state index contributed by atoms with van der Waals surface area (Å²) in [5.74, 6) is -1.61. The van der Waals surface area contributed by atoms with Gasteiger partial charge >= 0.3 is 0 Å². The van der Waals surface area contributed by atoms with Crippen molar-refractivity contribution in [2.75, 3.05) is 0 Å². The molecule has 1 aromatic heterocycles. The molecule has 1 unspecified atom stereocenters. The maximum absolute atomic E-state index is 13.5. The fraction of sp³-hybridized carbons (Fsp3) is 0.167. The fourth-order valence-corrected chi connectivity index (χ4v) is 3.99. The summed E-state index contributed by atoms with van der Waals surface area (Å²) in [4.78, 5) is 0.873. The van der Waals surface area contributed by atoms with E-state index in [0.717, 1.165) is 15.4 Å². The molecule has 0 saturated carbocycles. The molecule has 18 heavy (non-hydrogen) atoms. The molecule has 0 N–H and O–H groups in total. The van der Waals surface area contributed by atoms with E-state index in [9.17, 15) is 8.78 Å². The second kappa shape index (κ2) is 5.99. The Labute approximate surface area is 129 Å². The maximum Gasteiger partial charge on any atom is 0.162 e. The Morgan fingerprint density at radius 1 is 1.33 bits per heavy atom. The molecule has 0 radical (unpaired) electrons. The summed E-state index contributed by atoms with van der Waals surface area (Å²) >= 11 is 14.1. The minimum absolute atomic E-state index is 0.0948. The number of thiophene rings is 1. The summed E-state index contributed by atoms with van der Waals surface area (Å²) in [5.41, 5.74) is 0.345. The normalized spacial score (nSPS) is 12.7. The summed E-state index contributed by atoms with van der Waals surface area (Å²) in [6, 6.07) is 6.08. The van der Waals surface area contributed by atoms with Crippen molar-refractivity contribution >= 4 is 54.8 Å². The molecule has 0 aliphatic carbocycles. The summed E-state index contributed by atoms with van der Waals surface area (Å²) < 4.78 is 28.1. The number of rotatable bonds is 3. The number of hydrogen-bond donors (Lipinski definition) is 0. The van der Waals surface area contributed by atoms with Crippen molar-refractivity contribution in [3.63, 3.8) is 0 Å². The van der Waals surface area contributed by atoms with Gasteiger partial charge in [-0.05, 0) is 40.0 Å². The topological polar surface area (TPSA) is 0 Å². The predicted molar refractivity (Wildman–Crippen MR) is 78.8 cm³/mol. The van der Waals surface area contributed by atoms with Crippen LogP contribution in [-0.4, -0.2) is 0 Å². The third-order valence-corrected chi connectivity index (χ3v) is 6.11. The average molecular weight is 417 g/mol. The van der Waals surface area contributed by atoms with Gasteiger partial charge in [0.15, 0.2) is 11.6 Å². The Morgan fingerprint density at radius 3 is 2.67 bits per heavy atom. The highest BCUT2D eigenvalue weighted by molar-refractivity contribution is 9.10. The van der Waals surface area contributed by atoms with Gasteiger partial charge < -0.3 is 0 Å². The van der Waals surface area contributed by atoms with Crippen LogP contribution in [-0.2, 0) is 6.42 Å². The molecule has 1 aromatic carbocycles. The van der Waals surface area contributed by atoms with Crippen LogP contribution >= 0.6 is 54.8 Å². The van der Waals surface area contributed by atoms with Crippen LogP contribution in [0.4, 0.5) is 8.78 Å². The van der Waals surface area contributed by atoms with Gasteiger partial charge in [-0.25, -0.2) is 8.78 Å². The Kier molecular flexibility index (Phi) is 4.80. The van der Waals surface area contributed by atoms with Gasteiger partial charge in [0.1, 0.15) is 4.34 Å². The maximum atomic E-state index is 13.5. The first-order valence-corrected chi connectivity index (χ1v) is 7.91. The SMILES string of the molecule is Fc1cccc(CC(Br)c2cc(Br)c(Cl)s2)c1F. The van der Waals surface area contributed by atoms with Crippen LogP contribution in [0.25, 0.3) is 0 Å². The molecule has 96 valence electrons. The van der Waals surface area contributed by atoms with Gasteiger partial charge in [0.25, 0.3) is 0 Å². The highest BCUT2D eigenvalue weighted by Gasteiger charge is 2.17. The number of alkyl halides is 1. The van der Waals surface area contributed by atoms with Crippen molar-refractivity contribution in [3.05, 3.63) is 55.1 Å².